The van der Waals surface area contributed by atoms with Crippen molar-refractivity contribution in [3.05, 3.63) is 16.5 Å². The summed E-state index contributed by atoms with van der Waals surface area (Å²) in [7, 11) is 0. The van der Waals surface area contributed by atoms with E-state index in [1.807, 2.05) is 0 Å². The molecule has 1 unspecified atom stereocenters. The van der Waals surface area contributed by atoms with Crippen LogP contribution in [0.3, 0.4) is 0 Å². The number of rotatable bonds is 2. The average molecular weight is 352 g/mol. The van der Waals surface area contributed by atoms with Gasteiger partial charge in [-0.15, -0.1) is 0 Å². The molecule has 1 aromatic heterocycles. The summed E-state index contributed by atoms with van der Waals surface area (Å²) >= 11 is 3.58. The predicted molar refractivity (Wildman–Crippen MR) is 90.8 cm³/mol. The van der Waals surface area contributed by atoms with E-state index in [1.165, 1.54) is 38.5 Å². The van der Waals surface area contributed by atoms with Gasteiger partial charge in [0.05, 0.1) is 0 Å². The van der Waals surface area contributed by atoms with Crippen molar-refractivity contribution in [2.75, 3.05) is 11.4 Å². The second-order valence-electron chi connectivity index (χ2n) is 7.57. The van der Waals surface area contributed by atoms with Gasteiger partial charge in [-0.05, 0) is 47.5 Å². The van der Waals surface area contributed by atoms with E-state index < -0.39 is 0 Å². The Balaban J connectivity index is 1.90. The fourth-order valence-corrected chi connectivity index (χ4v) is 4.17. The quantitative estimate of drug-likeness (QED) is 0.723. The topological polar surface area (TPSA) is 29.0 Å². The number of anilines is 1. The predicted octanol–water partition coefficient (Wildman–Crippen LogP) is 4.70. The lowest BCUT2D eigenvalue weighted by atomic mass is 9.95. The van der Waals surface area contributed by atoms with Crippen molar-refractivity contribution in [2.45, 2.75) is 70.8 Å². The maximum Gasteiger partial charge on any atom is 0.137 e. The van der Waals surface area contributed by atoms with E-state index in [-0.39, 0.29) is 5.41 Å². The minimum Gasteiger partial charge on any atom is -0.353 e. The average Bonchev–Trinajstić information content (AvgIpc) is 3.07. The normalized spacial score (nSPS) is 24.0. The van der Waals surface area contributed by atoms with Gasteiger partial charge in [0, 0.05) is 24.1 Å². The highest BCUT2D eigenvalue weighted by molar-refractivity contribution is 9.10. The van der Waals surface area contributed by atoms with Gasteiger partial charge in [0.25, 0.3) is 0 Å². The first kappa shape index (κ1) is 15.3. The summed E-state index contributed by atoms with van der Waals surface area (Å²) in [6, 6.07) is 2.80. The van der Waals surface area contributed by atoms with Crippen molar-refractivity contribution < 1.29 is 0 Å². The third-order valence-electron chi connectivity index (χ3n) is 4.89. The molecule has 2 heterocycles. The second-order valence-corrected chi connectivity index (χ2v) is 8.38. The summed E-state index contributed by atoms with van der Waals surface area (Å²) in [5.74, 6) is 2.93. The second kappa shape index (κ2) is 5.86. The Morgan fingerprint density at radius 1 is 1.10 bits per heavy atom. The van der Waals surface area contributed by atoms with Gasteiger partial charge in [-0.3, -0.25) is 0 Å². The summed E-state index contributed by atoms with van der Waals surface area (Å²) in [5.41, 5.74) is -0.0128. The van der Waals surface area contributed by atoms with Gasteiger partial charge in [-0.1, -0.05) is 33.6 Å². The molecule has 2 fully saturated rings. The van der Waals surface area contributed by atoms with E-state index in [0.717, 1.165) is 28.7 Å². The number of nitrogens with zero attached hydrogens (tertiary/aromatic N) is 3. The van der Waals surface area contributed by atoms with Crippen LogP contribution in [-0.4, -0.2) is 22.6 Å². The van der Waals surface area contributed by atoms with Gasteiger partial charge in [0.1, 0.15) is 16.2 Å². The van der Waals surface area contributed by atoms with Crippen LogP contribution in [0.1, 0.15) is 65.1 Å². The molecule has 1 aliphatic carbocycles. The van der Waals surface area contributed by atoms with Crippen LogP contribution < -0.4 is 4.90 Å². The molecule has 2 aliphatic rings. The Kier molecular flexibility index (Phi) is 4.26. The lowest BCUT2D eigenvalue weighted by Gasteiger charge is -2.31. The number of halogens is 1. The van der Waals surface area contributed by atoms with Gasteiger partial charge in [0.2, 0.25) is 0 Å². The van der Waals surface area contributed by atoms with Gasteiger partial charge in [-0.25, -0.2) is 9.97 Å². The highest BCUT2D eigenvalue weighted by Gasteiger charge is 2.34. The Hall–Kier alpha value is -0.640. The molecule has 1 aromatic rings. The van der Waals surface area contributed by atoms with Crippen molar-refractivity contribution in [3.8, 4) is 0 Å². The molecule has 116 valence electrons. The highest BCUT2D eigenvalue weighted by Crippen LogP contribution is 2.38. The molecule has 3 nitrogen and oxygen atoms in total. The fourth-order valence-electron chi connectivity index (χ4n) is 3.80. The third-order valence-corrected chi connectivity index (χ3v) is 5.30. The molecule has 3 rings (SSSR count). The molecule has 0 aromatic carbocycles. The maximum atomic E-state index is 4.89. The minimum atomic E-state index is -0.0128. The molecule has 0 spiro atoms. The summed E-state index contributed by atoms with van der Waals surface area (Å²) < 4.78 is 0.912. The third kappa shape index (κ3) is 3.25. The van der Waals surface area contributed by atoms with Crippen molar-refractivity contribution >= 4 is 21.7 Å². The van der Waals surface area contributed by atoms with Crippen molar-refractivity contribution in [1.29, 1.82) is 0 Å². The minimum absolute atomic E-state index is 0.0128. The molecule has 4 heteroatoms. The zero-order chi connectivity index (χ0) is 15.0. The Morgan fingerprint density at radius 2 is 1.81 bits per heavy atom. The number of hydrogen-bond acceptors (Lipinski definition) is 3. The molecule has 1 saturated carbocycles. The molecule has 1 saturated heterocycles. The molecule has 0 radical (unpaired) electrons. The number of hydrogen-bond donors (Lipinski definition) is 0. The molecular weight excluding hydrogens is 326 g/mol. The van der Waals surface area contributed by atoms with Gasteiger partial charge >= 0.3 is 0 Å². The van der Waals surface area contributed by atoms with Crippen molar-refractivity contribution in [3.63, 3.8) is 0 Å². The first-order valence-electron chi connectivity index (χ1n) is 8.27. The van der Waals surface area contributed by atoms with E-state index in [2.05, 4.69) is 52.7 Å². The van der Waals surface area contributed by atoms with Crippen molar-refractivity contribution in [1.82, 2.24) is 9.97 Å². The van der Waals surface area contributed by atoms with Crippen LogP contribution in [0.25, 0.3) is 0 Å². The summed E-state index contributed by atoms with van der Waals surface area (Å²) in [4.78, 5) is 12.0. The van der Waals surface area contributed by atoms with Crippen molar-refractivity contribution in [2.24, 2.45) is 5.92 Å². The molecule has 21 heavy (non-hydrogen) atoms. The smallest absolute Gasteiger partial charge is 0.137 e. The summed E-state index contributed by atoms with van der Waals surface area (Å²) in [6.07, 6.45) is 8.26. The van der Waals surface area contributed by atoms with Crippen LogP contribution in [0, 0.1) is 5.92 Å². The standard InChI is InChI=1S/C17H26BrN3/c1-17(2,3)16-19-14(18)11-15(20-16)21-10-6-9-13(21)12-7-4-5-8-12/h11-13H,4-10H2,1-3H3. The molecule has 0 bridgehead atoms. The SMILES string of the molecule is CC(C)(C)c1nc(Br)cc(N2CCCC2C2CCCC2)n1. The first-order valence-corrected chi connectivity index (χ1v) is 9.06. The molecule has 1 atom stereocenters. The Labute approximate surface area is 136 Å². The van der Waals surface area contributed by atoms with E-state index in [9.17, 15) is 0 Å². The zero-order valence-electron chi connectivity index (χ0n) is 13.4. The summed E-state index contributed by atoms with van der Waals surface area (Å²) in [6.45, 7) is 7.68. The first-order chi connectivity index (χ1) is 9.95. The van der Waals surface area contributed by atoms with E-state index in [4.69, 9.17) is 4.98 Å². The maximum absolute atomic E-state index is 4.89. The van der Waals surface area contributed by atoms with Crippen LogP contribution in [0.15, 0.2) is 10.7 Å². The molecule has 1 aliphatic heterocycles. The van der Waals surface area contributed by atoms with Gasteiger partial charge < -0.3 is 4.90 Å². The van der Waals surface area contributed by atoms with Crippen LogP contribution in [-0.2, 0) is 5.41 Å². The molecule has 0 amide bonds. The van der Waals surface area contributed by atoms with Crippen LogP contribution in [0.2, 0.25) is 0 Å². The zero-order valence-corrected chi connectivity index (χ0v) is 15.0. The lowest BCUT2D eigenvalue weighted by molar-refractivity contribution is 0.428. The van der Waals surface area contributed by atoms with E-state index in [0.29, 0.717) is 6.04 Å². The van der Waals surface area contributed by atoms with E-state index in [1.54, 1.807) is 0 Å². The molecule has 0 N–H and O–H groups in total. The van der Waals surface area contributed by atoms with Crippen LogP contribution in [0.5, 0.6) is 0 Å². The summed E-state index contributed by atoms with van der Waals surface area (Å²) in [5, 5.41) is 0. The lowest BCUT2D eigenvalue weighted by Crippen LogP contribution is -2.35. The van der Waals surface area contributed by atoms with Crippen LogP contribution >= 0.6 is 15.9 Å². The Morgan fingerprint density at radius 3 is 2.48 bits per heavy atom. The molecular formula is C17H26BrN3. The Bertz CT molecular complexity index is 503. The fraction of sp³-hybridized carbons (Fsp3) is 0.765. The van der Waals surface area contributed by atoms with Gasteiger partial charge in [0.15, 0.2) is 0 Å². The van der Waals surface area contributed by atoms with Crippen LogP contribution in [0.4, 0.5) is 5.82 Å². The van der Waals surface area contributed by atoms with E-state index >= 15 is 0 Å². The number of aromatic nitrogens is 2. The monoisotopic (exact) mass is 351 g/mol. The van der Waals surface area contributed by atoms with Gasteiger partial charge in [-0.2, -0.15) is 0 Å². The largest absolute Gasteiger partial charge is 0.353 e. The highest BCUT2D eigenvalue weighted by atomic mass is 79.9.